The van der Waals surface area contributed by atoms with Gasteiger partial charge in [-0.05, 0) is 39.5 Å². The molecule has 102 valence electrons. The highest BCUT2D eigenvalue weighted by Crippen LogP contribution is 2.26. The van der Waals surface area contributed by atoms with Crippen molar-refractivity contribution in [2.45, 2.75) is 18.4 Å². The fourth-order valence-electron chi connectivity index (χ4n) is 1.74. The highest BCUT2D eigenvalue weighted by atomic mass is 79.9. The summed E-state index contributed by atoms with van der Waals surface area (Å²) in [6.07, 6.45) is 0. The monoisotopic (exact) mass is 359 g/mol. The van der Waals surface area contributed by atoms with Gasteiger partial charge in [-0.25, -0.2) is 8.42 Å². The normalized spacial score (nSPS) is 11.9. The minimum absolute atomic E-state index is 0.313. The molecule has 0 atom stereocenters. The molecule has 0 spiro atoms. The molecule has 2 rings (SSSR count). The molecule has 3 nitrogen and oxygen atoms in total. The molecule has 0 aliphatic heterocycles. The summed E-state index contributed by atoms with van der Waals surface area (Å²) >= 11 is 4.87. The lowest BCUT2D eigenvalue weighted by molar-refractivity contribution is 0.426. The maximum atomic E-state index is 12.6. The molecule has 0 aliphatic rings. The van der Waals surface area contributed by atoms with Crippen LogP contribution in [0.1, 0.15) is 11.8 Å². The summed E-state index contributed by atoms with van der Waals surface area (Å²) in [6, 6.07) is 10.8. The Balaban J connectivity index is 2.34. The largest absolute Gasteiger partial charge is 0.244 e. The second-order valence-corrected chi connectivity index (χ2v) is 7.73. The van der Waals surface area contributed by atoms with Crippen LogP contribution in [-0.2, 0) is 16.6 Å². The number of benzene rings is 1. The molecule has 0 fully saturated rings. The second-order valence-electron chi connectivity index (χ2n) is 3.94. The molecule has 19 heavy (non-hydrogen) atoms. The van der Waals surface area contributed by atoms with Crippen LogP contribution in [0.2, 0.25) is 0 Å². The molecule has 0 saturated heterocycles. The van der Waals surface area contributed by atoms with Gasteiger partial charge in [-0.3, -0.25) is 0 Å². The van der Waals surface area contributed by atoms with Crippen molar-refractivity contribution in [2.75, 3.05) is 6.54 Å². The number of hydrogen-bond donors (Lipinski definition) is 0. The van der Waals surface area contributed by atoms with Crippen LogP contribution in [0.25, 0.3) is 0 Å². The smallest absolute Gasteiger partial charge is 0.207 e. The van der Waals surface area contributed by atoms with Gasteiger partial charge in [-0.15, -0.1) is 11.3 Å². The first-order valence-electron chi connectivity index (χ1n) is 5.82. The second kappa shape index (κ2) is 6.17. The maximum Gasteiger partial charge on any atom is 0.244 e. The van der Waals surface area contributed by atoms with Gasteiger partial charge in [-0.2, -0.15) is 4.31 Å². The number of halogens is 1. The molecular formula is C13H14BrNO2S2. The van der Waals surface area contributed by atoms with Gasteiger partial charge >= 0.3 is 0 Å². The van der Waals surface area contributed by atoms with Gasteiger partial charge < -0.3 is 0 Å². The first-order chi connectivity index (χ1) is 9.05. The van der Waals surface area contributed by atoms with E-state index in [-0.39, 0.29) is 0 Å². The number of hydrogen-bond acceptors (Lipinski definition) is 3. The highest BCUT2D eigenvalue weighted by Gasteiger charge is 2.25. The van der Waals surface area contributed by atoms with Gasteiger partial charge in [0.15, 0.2) is 0 Å². The van der Waals surface area contributed by atoms with E-state index in [4.69, 9.17) is 0 Å². The minimum Gasteiger partial charge on any atom is -0.207 e. The summed E-state index contributed by atoms with van der Waals surface area (Å²) in [4.78, 5) is 1.35. The molecule has 0 amide bonds. The number of rotatable bonds is 5. The Morgan fingerprint density at radius 3 is 2.53 bits per heavy atom. The molecule has 6 heteroatoms. The number of nitrogens with zero attached hydrogens (tertiary/aromatic N) is 1. The van der Waals surface area contributed by atoms with Crippen molar-refractivity contribution in [3.05, 3.63) is 51.1 Å². The van der Waals surface area contributed by atoms with Crippen LogP contribution in [-0.4, -0.2) is 19.3 Å². The van der Waals surface area contributed by atoms with E-state index in [1.165, 1.54) is 4.31 Å². The van der Waals surface area contributed by atoms with Crippen LogP contribution in [0.3, 0.4) is 0 Å². The lowest BCUT2D eigenvalue weighted by Crippen LogP contribution is -2.30. The molecule has 1 aromatic carbocycles. The predicted molar refractivity (Wildman–Crippen MR) is 81.7 cm³/mol. The molecule has 0 radical (unpaired) electrons. The number of sulfonamides is 1. The Kier molecular flexibility index (Phi) is 4.78. The van der Waals surface area contributed by atoms with Crippen molar-refractivity contribution in [1.29, 1.82) is 0 Å². The van der Waals surface area contributed by atoms with Gasteiger partial charge in [0.05, 0.1) is 4.90 Å². The lowest BCUT2D eigenvalue weighted by atomic mass is 10.4. The summed E-state index contributed by atoms with van der Waals surface area (Å²) in [5.41, 5.74) is 0. The minimum atomic E-state index is -3.46. The van der Waals surface area contributed by atoms with Crippen molar-refractivity contribution in [2.24, 2.45) is 0 Å². The third kappa shape index (κ3) is 3.25. The van der Waals surface area contributed by atoms with E-state index >= 15 is 0 Å². The van der Waals surface area contributed by atoms with E-state index < -0.39 is 10.0 Å². The summed E-state index contributed by atoms with van der Waals surface area (Å²) in [6.45, 7) is 2.71. The van der Waals surface area contributed by atoms with E-state index in [1.54, 1.807) is 35.6 Å². The van der Waals surface area contributed by atoms with Gasteiger partial charge in [-0.1, -0.05) is 25.1 Å². The maximum absolute atomic E-state index is 12.6. The molecule has 1 heterocycles. The van der Waals surface area contributed by atoms with Crippen LogP contribution < -0.4 is 0 Å². The zero-order chi connectivity index (χ0) is 13.9. The fourth-order valence-corrected chi connectivity index (χ4v) is 4.93. The highest BCUT2D eigenvalue weighted by molar-refractivity contribution is 9.10. The van der Waals surface area contributed by atoms with Crippen LogP contribution in [0.4, 0.5) is 0 Å². The standard InChI is InChI=1S/C13H14BrNO2S2/c1-2-15(10-11-6-5-9-18-11)19(16,17)13-8-4-3-7-12(13)14/h3-9H,2,10H2,1H3. The van der Waals surface area contributed by atoms with Crippen molar-refractivity contribution in [3.63, 3.8) is 0 Å². The molecular weight excluding hydrogens is 346 g/mol. The van der Waals surface area contributed by atoms with Crippen LogP contribution in [0.5, 0.6) is 0 Å². The van der Waals surface area contributed by atoms with Gasteiger partial charge in [0.1, 0.15) is 0 Å². The zero-order valence-electron chi connectivity index (χ0n) is 10.4. The van der Waals surface area contributed by atoms with E-state index in [1.807, 2.05) is 24.4 Å². The first-order valence-corrected chi connectivity index (χ1v) is 8.94. The third-order valence-corrected chi connectivity index (χ3v) is 6.51. The topological polar surface area (TPSA) is 37.4 Å². The van der Waals surface area contributed by atoms with Gasteiger partial charge in [0.25, 0.3) is 0 Å². The van der Waals surface area contributed by atoms with E-state index in [2.05, 4.69) is 15.9 Å². The van der Waals surface area contributed by atoms with Gasteiger partial charge in [0, 0.05) is 22.4 Å². The van der Waals surface area contributed by atoms with E-state index in [9.17, 15) is 8.42 Å². The lowest BCUT2D eigenvalue weighted by Gasteiger charge is -2.20. The SMILES string of the molecule is CCN(Cc1cccs1)S(=O)(=O)c1ccccc1Br. The van der Waals surface area contributed by atoms with Crippen molar-refractivity contribution >= 4 is 37.3 Å². The molecule has 0 unspecified atom stereocenters. The average Bonchev–Trinajstić information content (AvgIpc) is 2.89. The van der Waals surface area contributed by atoms with E-state index in [0.717, 1.165) is 4.88 Å². The van der Waals surface area contributed by atoms with Crippen LogP contribution in [0.15, 0.2) is 51.1 Å². The summed E-state index contributed by atoms with van der Waals surface area (Å²) in [5.74, 6) is 0. The Bertz CT molecular complexity index is 638. The summed E-state index contributed by atoms with van der Waals surface area (Å²) in [7, 11) is -3.46. The number of thiophene rings is 1. The average molecular weight is 360 g/mol. The third-order valence-electron chi connectivity index (χ3n) is 2.72. The Morgan fingerprint density at radius 1 is 1.21 bits per heavy atom. The molecule has 0 N–H and O–H groups in total. The molecule has 0 saturated carbocycles. The molecule has 1 aromatic heterocycles. The van der Waals surface area contributed by atoms with Crippen molar-refractivity contribution < 1.29 is 8.42 Å². The van der Waals surface area contributed by atoms with Crippen molar-refractivity contribution in [1.82, 2.24) is 4.31 Å². The first kappa shape index (κ1) is 14.7. The van der Waals surface area contributed by atoms with Gasteiger partial charge in [0.2, 0.25) is 10.0 Å². The van der Waals surface area contributed by atoms with E-state index in [0.29, 0.717) is 22.5 Å². The van der Waals surface area contributed by atoms with Crippen LogP contribution in [0, 0.1) is 0 Å². The Morgan fingerprint density at radius 2 is 1.95 bits per heavy atom. The molecule has 0 aliphatic carbocycles. The Labute approximate surface area is 126 Å². The summed E-state index contributed by atoms with van der Waals surface area (Å²) < 4.78 is 27.3. The Hall–Kier alpha value is -0.690. The fraction of sp³-hybridized carbons (Fsp3) is 0.231. The quantitative estimate of drug-likeness (QED) is 0.815. The molecule has 0 bridgehead atoms. The molecule has 2 aromatic rings. The predicted octanol–water partition coefficient (Wildman–Crippen LogP) is 3.72. The van der Waals surface area contributed by atoms with Crippen molar-refractivity contribution in [3.8, 4) is 0 Å². The summed E-state index contributed by atoms with van der Waals surface area (Å²) in [5, 5.41) is 1.95. The van der Waals surface area contributed by atoms with Crippen LogP contribution >= 0.6 is 27.3 Å². The zero-order valence-corrected chi connectivity index (χ0v) is 13.6.